The molecule has 3 aromatic rings. The van der Waals surface area contributed by atoms with E-state index in [9.17, 15) is 4.79 Å². The molecule has 1 heterocycles. The average molecular weight is 295 g/mol. The molecule has 3 aromatic carbocycles. The molecule has 0 saturated carbocycles. The number of nitrogens with zero attached hydrogens (tertiary/aromatic N) is 1. The van der Waals surface area contributed by atoms with E-state index in [0.29, 0.717) is 6.42 Å². The first-order chi connectivity index (χ1) is 10.2. The Balaban J connectivity index is 0.000000160. The Bertz CT molecular complexity index is 679. The molecule has 21 heavy (non-hydrogen) atoms. The Hall–Kier alpha value is -2.00. The van der Waals surface area contributed by atoms with Gasteiger partial charge in [-0.05, 0) is 40.1 Å². The smallest absolute Gasteiger partial charge is 0.232 e. The van der Waals surface area contributed by atoms with Crippen LogP contribution in [0.15, 0.2) is 60.7 Å². The van der Waals surface area contributed by atoms with Gasteiger partial charge in [0.25, 0.3) is 0 Å². The molecule has 0 atom stereocenters. The van der Waals surface area contributed by atoms with Crippen molar-refractivity contribution in [2.45, 2.75) is 12.8 Å². The molecule has 1 aliphatic heterocycles. The lowest BCUT2D eigenvalue weighted by molar-refractivity contribution is -0.123. The maximum atomic E-state index is 10.4. The van der Waals surface area contributed by atoms with Gasteiger partial charge in [0.15, 0.2) is 0 Å². The molecule has 1 saturated heterocycles. The molecule has 1 aliphatic rings. The maximum Gasteiger partial charge on any atom is 0.232 e. The van der Waals surface area contributed by atoms with Crippen molar-refractivity contribution < 1.29 is 4.79 Å². The number of hydrogen-bond donors (Lipinski definition) is 1. The summed E-state index contributed by atoms with van der Waals surface area (Å²) in [6.45, 7) is 0.821. The summed E-state index contributed by atoms with van der Waals surface area (Å²) in [6, 6.07) is 21.4. The highest BCUT2D eigenvalue weighted by atomic mass is 32.1. The topological polar surface area (TPSA) is 20.3 Å². The maximum absolute atomic E-state index is 10.4. The summed E-state index contributed by atoms with van der Waals surface area (Å²) < 4.78 is 1.46. The highest BCUT2D eigenvalue weighted by Crippen LogP contribution is 2.22. The second-order valence-corrected chi connectivity index (χ2v) is 5.65. The predicted octanol–water partition coefficient (Wildman–Crippen LogP) is 4.45. The molecule has 1 fully saturated rings. The Morgan fingerprint density at radius 3 is 1.48 bits per heavy atom. The van der Waals surface area contributed by atoms with E-state index in [0.717, 1.165) is 13.0 Å². The van der Waals surface area contributed by atoms with Crippen molar-refractivity contribution in [3.63, 3.8) is 0 Å². The van der Waals surface area contributed by atoms with Crippen LogP contribution in [0.1, 0.15) is 12.8 Å². The van der Waals surface area contributed by atoms with Crippen LogP contribution in [0.25, 0.3) is 21.5 Å². The molecular formula is C18H17NOS. The molecule has 106 valence electrons. The fourth-order valence-electron chi connectivity index (χ4n) is 2.52. The standard InChI is InChI=1S/C14H10.C4H7NOS/c1-2-6-12-10-14-8-4-3-7-13(14)9-11(12)5-1;6-4-2-1-3-5(4)7/h1-10H;7H,1-3H2. The third-order valence-corrected chi connectivity index (χ3v) is 4.09. The number of rotatable bonds is 0. The number of fused-ring (bicyclic) bond motifs is 2. The van der Waals surface area contributed by atoms with Gasteiger partial charge in [-0.2, -0.15) is 0 Å². The van der Waals surface area contributed by atoms with E-state index < -0.39 is 0 Å². The van der Waals surface area contributed by atoms with Crippen LogP contribution in [0.4, 0.5) is 0 Å². The van der Waals surface area contributed by atoms with Gasteiger partial charge in [0.1, 0.15) is 0 Å². The minimum Gasteiger partial charge on any atom is -0.289 e. The molecule has 0 bridgehead atoms. The minimum absolute atomic E-state index is 0.156. The summed E-state index contributed by atoms with van der Waals surface area (Å²) in [6.07, 6.45) is 1.66. The second kappa shape index (κ2) is 6.19. The summed E-state index contributed by atoms with van der Waals surface area (Å²) in [5.41, 5.74) is 0. The lowest BCUT2D eigenvalue weighted by Crippen LogP contribution is -2.11. The normalized spacial score (nSPS) is 14.3. The van der Waals surface area contributed by atoms with E-state index in [2.05, 4.69) is 73.5 Å². The van der Waals surface area contributed by atoms with Crippen LogP contribution in [0.3, 0.4) is 0 Å². The highest BCUT2D eigenvalue weighted by molar-refractivity contribution is 7.78. The number of amides is 1. The quantitative estimate of drug-likeness (QED) is 0.480. The summed E-state index contributed by atoms with van der Waals surface area (Å²) in [5.74, 6) is 0.156. The average Bonchev–Trinajstić information content (AvgIpc) is 2.89. The number of carbonyl (C=O) groups excluding carboxylic acids is 1. The van der Waals surface area contributed by atoms with Gasteiger partial charge >= 0.3 is 0 Å². The van der Waals surface area contributed by atoms with Crippen molar-refractivity contribution in [3.05, 3.63) is 60.7 Å². The molecule has 0 radical (unpaired) electrons. The molecule has 0 aromatic heterocycles. The van der Waals surface area contributed by atoms with Crippen LogP contribution in [0, 0.1) is 0 Å². The molecular weight excluding hydrogens is 278 g/mol. The predicted molar refractivity (Wildman–Crippen MR) is 91.4 cm³/mol. The van der Waals surface area contributed by atoms with Crippen molar-refractivity contribution >= 4 is 40.3 Å². The zero-order chi connectivity index (χ0) is 14.7. The highest BCUT2D eigenvalue weighted by Gasteiger charge is 2.15. The summed E-state index contributed by atoms with van der Waals surface area (Å²) in [5, 5.41) is 5.25. The molecule has 3 heteroatoms. The van der Waals surface area contributed by atoms with Crippen LogP contribution in [0.5, 0.6) is 0 Å². The van der Waals surface area contributed by atoms with Gasteiger partial charge in [-0.25, -0.2) is 0 Å². The number of thiol groups is 1. The Morgan fingerprint density at radius 2 is 1.24 bits per heavy atom. The van der Waals surface area contributed by atoms with Gasteiger partial charge in [0.2, 0.25) is 5.91 Å². The minimum atomic E-state index is 0.156. The van der Waals surface area contributed by atoms with Gasteiger partial charge in [0.05, 0.1) is 0 Å². The van der Waals surface area contributed by atoms with Gasteiger partial charge in [-0.3, -0.25) is 9.10 Å². The van der Waals surface area contributed by atoms with Crippen LogP contribution in [-0.4, -0.2) is 16.8 Å². The van der Waals surface area contributed by atoms with Gasteiger partial charge in [-0.1, -0.05) is 61.3 Å². The van der Waals surface area contributed by atoms with E-state index in [-0.39, 0.29) is 5.91 Å². The molecule has 1 amide bonds. The van der Waals surface area contributed by atoms with Crippen molar-refractivity contribution in [1.29, 1.82) is 0 Å². The lowest BCUT2D eigenvalue weighted by Gasteiger charge is -2.01. The van der Waals surface area contributed by atoms with Crippen LogP contribution < -0.4 is 0 Å². The molecule has 0 aliphatic carbocycles. The van der Waals surface area contributed by atoms with Gasteiger partial charge < -0.3 is 0 Å². The van der Waals surface area contributed by atoms with Crippen molar-refractivity contribution in [2.75, 3.05) is 6.54 Å². The van der Waals surface area contributed by atoms with Crippen molar-refractivity contribution in [3.8, 4) is 0 Å². The van der Waals surface area contributed by atoms with Crippen LogP contribution in [-0.2, 0) is 4.79 Å². The van der Waals surface area contributed by atoms with Crippen molar-refractivity contribution in [1.82, 2.24) is 4.31 Å². The number of benzene rings is 3. The largest absolute Gasteiger partial charge is 0.289 e. The summed E-state index contributed by atoms with van der Waals surface area (Å²) in [7, 11) is 0. The molecule has 4 rings (SSSR count). The monoisotopic (exact) mass is 295 g/mol. The molecule has 0 spiro atoms. The van der Waals surface area contributed by atoms with E-state index in [4.69, 9.17) is 0 Å². The van der Waals surface area contributed by atoms with E-state index in [1.165, 1.54) is 25.9 Å². The van der Waals surface area contributed by atoms with Crippen LogP contribution in [0.2, 0.25) is 0 Å². The first-order valence-electron chi connectivity index (χ1n) is 7.11. The first kappa shape index (κ1) is 14.0. The van der Waals surface area contributed by atoms with E-state index in [1.54, 1.807) is 0 Å². The zero-order valence-electron chi connectivity index (χ0n) is 11.7. The Kier molecular flexibility index (Phi) is 4.11. The summed E-state index contributed by atoms with van der Waals surface area (Å²) >= 11 is 3.87. The Labute approximate surface area is 129 Å². The SMILES string of the molecule is O=C1CCCN1S.c1ccc2cc3ccccc3cc2c1. The number of hydrogen-bond acceptors (Lipinski definition) is 2. The van der Waals surface area contributed by atoms with E-state index >= 15 is 0 Å². The second-order valence-electron chi connectivity index (χ2n) is 5.17. The molecule has 0 unspecified atom stereocenters. The first-order valence-corrected chi connectivity index (χ1v) is 7.51. The number of carbonyl (C=O) groups is 1. The van der Waals surface area contributed by atoms with Crippen molar-refractivity contribution in [2.24, 2.45) is 0 Å². The van der Waals surface area contributed by atoms with Gasteiger partial charge in [0, 0.05) is 13.0 Å². The van der Waals surface area contributed by atoms with Crippen LogP contribution >= 0.6 is 12.8 Å². The fraction of sp³-hybridized carbons (Fsp3) is 0.167. The summed E-state index contributed by atoms with van der Waals surface area (Å²) in [4.78, 5) is 10.4. The Morgan fingerprint density at radius 1 is 0.810 bits per heavy atom. The third-order valence-electron chi connectivity index (χ3n) is 3.66. The lowest BCUT2D eigenvalue weighted by atomic mass is 10.0. The zero-order valence-corrected chi connectivity index (χ0v) is 12.6. The van der Waals surface area contributed by atoms with E-state index in [1.807, 2.05) is 0 Å². The van der Waals surface area contributed by atoms with Gasteiger partial charge in [-0.15, -0.1) is 0 Å². The third kappa shape index (κ3) is 3.19. The fourth-order valence-corrected chi connectivity index (χ4v) is 2.76. The molecule has 0 N–H and O–H groups in total. The molecule has 2 nitrogen and oxygen atoms in total.